The fourth-order valence-corrected chi connectivity index (χ4v) is 1.58. The highest BCUT2D eigenvalue weighted by molar-refractivity contribution is 5.29. The average molecular weight is 219 g/mol. The quantitative estimate of drug-likeness (QED) is 0.758. The molecule has 1 N–H and O–H groups in total. The number of benzene rings is 1. The van der Waals surface area contributed by atoms with E-state index in [0.29, 0.717) is 6.54 Å². The Labute approximate surface area is 96.7 Å². The van der Waals surface area contributed by atoms with E-state index in [1.54, 1.807) is 7.11 Å². The van der Waals surface area contributed by atoms with Crippen LogP contribution in [0.25, 0.3) is 0 Å². The molecule has 0 aliphatic carbocycles. The van der Waals surface area contributed by atoms with Crippen molar-refractivity contribution in [1.82, 2.24) is 4.90 Å². The third kappa shape index (κ3) is 2.99. The first-order chi connectivity index (χ1) is 7.72. The molecule has 0 saturated carbocycles. The molecule has 16 heavy (non-hydrogen) atoms. The van der Waals surface area contributed by atoms with Gasteiger partial charge in [-0.1, -0.05) is 18.1 Å². The van der Waals surface area contributed by atoms with E-state index >= 15 is 0 Å². The molecule has 0 aliphatic heterocycles. The van der Waals surface area contributed by atoms with Crippen molar-refractivity contribution in [3.05, 3.63) is 29.8 Å². The number of hydrogen-bond donors (Lipinski definition) is 1. The predicted molar refractivity (Wildman–Crippen MR) is 64.3 cm³/mol. The van der Waals surface area contributed by atoms with Crippen LogP contribution >= 0.6 is 0 Å². The number of ether oxygens (including phenoxy) is 1. The molecule has 86 valence electrons. The van der Waals surface area contributed by atoms with Crippen LogP contribution in [0.5, 0.6) is 5.75 Å². The summed E-state index contributed by atoms with van der Waals surface area (Å²) in [5.74, 6) is 3.37. The van der Waals surface area contributed by atoms with Gasteiger partial charge in [0, 0.05) is 0 Å². The van der Waals surface area contributed by atoms with Gasteiger partial charge in [-0.25, -0.2) is 0 Å². The molecule has 0 aromatic heterocycles. The lowest BCUT2D eigenvalue weighted by molar-refractivity contribution is 0.160. The van der Waals surface area contributed by atoms with Gasteiger partial charge in [0.2, 0.25) is 0 Å². The fourth-order valence-electron chi connectivity index (χ4n) is 1.58. The van der Waals surface area contributed by atoms with E-state index in [2.05, 4.69) is 5.92 Å². The Kier molecular flexibility index (Phi) is 4.84. The van der Waals surface area contributed by atoms with E-state index in [-0.39, 0.29) is 12.6 Å². The summed E-state index contributed by atoms with van der Waals surface area (Å²) >= 11 is 0. The molecule has 1 rings (SSSR count). The monoisotopic (exact) mass is 219 g/mol. The summed E-state index contributed by atoms with van der Waals surface area (Å²) in [5.41, 5.74) is 1.03. The molecule has 0 fully saturated rings. The number of terminal acetylenes is 1. The first kappa shape index (κ1) is 12.6. The highest BCUT2D eigenvalue weighted by Crippen LogP contribution is 2.21. The fraction of sp³-hybridized carbons (Fsp3) is 0.385. The Morgan fingerprint density at radius 1 is 1.44 bits per heavy atom. The van der Waals surface area contributed by atoms with Gasteiger partial charge in [-0.3, -0.25) is 4.90 Å². The Morgan fingerprint density at radius 3 is 2.50 bits per heavy atom. The number of nitrogens with zero attached hydrogens (tertiary/aromatic N) is 1. The Bertz CT molecular complexity index is 353. The molecule has 0 saturated heterocycles. The third-order valence-corrected chi connectivity index (χ3v) is 2.55. The van der Waals surface area contributed by atoms with E-state index in [1.807, 2.05) is 36.2 Å². The smallest absolute Gasteiger partial charge is 0.118 e. The molecule has 1 unspecified atom stereocenters. The summed E-state index contributed by atoms with van der Waals surface area (Å²) in [6, 6.07) is 7.56. The first-order valence-corrected chi connectivity index (χ1v) is 5.11. The van der Waals surface area contributed by atoms with Gasteiger partial charge in [-0.2, -0.15) is 0 Å². The van der Waals surface area contributed by atoms with Crippen molar-refractivity contribution in [3.63, 3.8) is 0 Å². The molecular formula is C13H17NO2. The highest BCUT2D eigenvalue weighted by atomic mass is 16.5. The first-order valence-electron chi connectivity index (χ1n) is 5.11. The zero-order valence-electron chi connectivity index (χ0n) is 9.68. The number of methoxy groups -OCH3 is 1. The van der Waals surface area contributed by atoms with Crippen LogP contribution < -0.4 is 4.74 Å². The van der Waals surface area contributed by atoms with Crippen LogP contribution in [-0.2, 0) is 0 Å². The van der Waals surface area contributed by atoms with Crippen molar-refractivity contribution in [2.24, 2.45) is 0 Å². The SMILES string of the molecule is C#CCN(C)C(CO)c1ccc(OC)cc1. The zero-order chi connectivity index (χ0) is 12.0. The number of rotatable bonds is 5. The van der Waals surface area contributed by atoms with E-state index in [9.17, 15) is 5.11 Å². The second-order valence-electron chi connectivity index (χ2n) is 3.59. The van der Waals surface area contributed by atoms with E-state index in [4.69, 9.17) is 11.2 Å². The van der Waals surface area contributed by atoms with Crippen LogP contribution in [0, 0.1) is 12.3 Å². The summed E-state index contributed by atoms with van der Waals surface area (Å²) in [7, 11) is 3.52. The lowest BCUT2D eigenvalue weighted by Gasteiger charge is -2.24. The molecule has 1 atom stereocenters. The lowest BCUT2D eigenvalue weighted by atomic mass is 10.1. The molecule has 1 aromatic carbocycles. The number of aliphatic hydroxyl groups excluding tert-OH is 1. The molecular weight excluding hydrogens is 202 g/mol. The number of aliphatic hydroxyl groups is 1. The van der Waals surface area contributed by atoms with Gasteiger partial charge in [0.05, 0.1) is 26.3 Å². The molecule has 1 aromatic rings. The minimum atomic E-state index is -0.0676. The van der Waals surface area contributed by atoms with Crippen molar-refractivity contribution in [1.29, 1.82) is 0 Å². The van der Waals surface area contributed by atoms with Crippen LogP contribution in [0.4, 0.5) is 0 Å². The molecule has 3 nitrogen and oxygen atoms in total. The number of likely N-dealkylation sites (N-methyl/N-ethyl adjacent to an activating group) is 1. The molecule has 0 bridgehead atoms. The molecule has 3 heteroatoms. The molecule has 0 spiro atoms. The van der Waals surface area contributed by atoms with Gasteiger partial charge in [0.1, 0.15) is 5.75 Å². The third-order valence-electron chi connectivity index (χ3n) is 2.55. The topological polar surface area (TPSA) is 32.7 Å². The predicted octanol–water partition coefficient (Wildman–Crippen LogP) is 1.29. The number of hydrogen-bond acceptors (Lipinski definition) is 3. The Balaban J connectivity index is 2.83. The second-order valence-corrected chi connectivity index (χ2v) is 3.59. The normalized spacial score (nSPS) is 12.2. The van der Waals surface area contributed by atoms with Crippen molar-refractivity contribution in [3.8, 4) is 18.1 Å². The van der Waals surface area contributed by atoms with Crippen LogP contribution in [-0.4, -0.2) is 37.3 Å². The Morgan fingerprint density at radius 2 is 2.06 bits per heavy atom. The van der Waals surface area contributed by atoms with Crippen molar-refractivity contribution in [2.75, 3.05) is 27.3 Å². The maximum absolute atomic E-state index is 9.36. The van der Waals surface area contributed by atoms with Crippen LogP contribution in [0.1, 0.15) is 11.6 Å². The maximum Gasteiger partial charge on any atom is 0.118 e. The summed E-state index contributed by atoms with van der Waals surface area (Å²) in [6.45, 7) is 0.557. The highest BCUT2D eigenvalue weighted by Gasteiger charge is 2.14. The van der Waals surface area contributed by atoms with Gasteiger partial charge in [0.15, 0.2) is 0 Å². The van der Waals surface area contributed by atoms with Crippen molar-refractivity contribution >= 4 is 0 Å². The van der Waals surface area contributed by atoms with Gasteiger partial charge in [-0.15, -0.1) is 6.42 Å². The molecule has 0 radical (unpaired) electrons. The molecule has 0 aliphatic rings. The summed E-state index contributed by atoms with van der Waals surface area (Å²) < 4.78 is 5.08. The van der Waals surface area contributed by atoms with Crippen molar-refractivity contribution in [2.45, 2.75) is 6.04 Å². The largest absolute Gasteiger partial charge is 0.497 e. The molecule has 0 heterocycles. The maximum atomic E-state index is 9.36. The second kappa shape index (κ2) is 6.16. The van der Waals surface area contributed by atoms with Gasteiger partial charge in [0.25, 0.3) is 0 Å². The minimum Gasteiger partial charge on any atom is -0.497 e. The molecule has 0 amide bonds. The Hall–Kier alpha value is -1.50. The van der Waals surface area contributed by atoms with Gasteiger partial charge in [-0.05, 0) is 24.7 Å². The standard InChI is InChI=1S/C13H17NO2/c1-4-9-14(2)13(10-15)11-5-7-12(16-3)8-6-11/h1,5-8,13,15H,9-10H2,2-3H3. The minimum absolute atomic E-state index is 0.0461. The summed E-state index contributed by atoms with van der Waals surface area (Å²) in [5, 5.41) is 9.36. The summed E-state index contributed by atoms with van der Waals surface area (Å²) in [6.07, 6.45) is 5.25. The van der Waals surface area contributed by atoms with Crippen LogP contribution in [0.15, 0.2) is 24.3 Å². The van der Waals surface area contributed by atoms with Gasteiger partial charge >= 0.3 is 0 Å². The average Bonchev–Trinajstić information content (AvgIpc) is 2.31. The van der Waals surface area contributed by atoms with Crippen molar-refractivity contribution < 1.29 is 9.84 Å². The van der Waals surface area contributed by atoms with Gasteiger partial charge < -0.3 is 9.84 Å². The summed E-state index contributed by atoms with van der Waals surface area (Å²) in [4.78, 5) is 1.93. The van der Waals surface area contributed by atoms with Crippen LogP contribution in [0.2, 0.25) is 0 Å². The lowest BCUT2D eigenvalue weighted by Crippen LogP contribution is -2.27. The zero-order valence-corrected chi connectivity index (χ0v) is 9.68. The van der Waals surface area contributed by atoms with E-state index < -0.39 is 0 Å². The van der Waals surface area contributed by atoms with Crippen LogP contribution in [0.3, 0.4) is 0 Å². The van der Waals surface area contributed by atoms with E-state index in [0.717, 1.165) is 11.3 Å². The van der Waals surface area contributed by atoms with E-state index in [1.165, 1.54) is 0 Å².